The molecule has 0 fully saturated rings. The minimum atomic E-state index is 0.121. The monoisotopic (exact) mass is 266 g/mol. The van der Waals surface area contributed by atoms with Crippen molar-refractivity contribution in [2.75, 3.05) is 11.9 Å². The molecule has 5 heteroatoms. The third kappa shape index (κ3) is 3.13. The molecular weight excluding hydrogens is 248 g/mol. The van der Waals surface area contributed by atoms with Gasteiger partial charge < -0.3 is 5.32 Å². The maximum atomic E-state index is 6.27. The van der Waals surface area contributed by atoms with Crippen molar-refractivity contribution < 1.29 is 0 Å². The van der Waals surface area contributed by atoms with E-state index in [0.717, 1.165) is 30.0 Å². The molecule has 0 radical (unpaired) electrons. The molecule has 0 saturated heterocycles. The Kier molecular flexibility index (Phi) is 4.07. The highest BCUT2D eigenvalue weighted by Gasteiger charge is 2.09. The van der Waals surface area contributed by atoms with Crippen LogP contribution in [-0.2, 0) is 0 Å². The molecule has 0 aromatic carbocycles. The Balaban J connectivity index is 2.07. The van der Waals surface area contributed by atoms with Gasteiger partial charge in [0.25, 0.3) is 0 Å². The number of aryl methyl sites for hydroxylation is 1. The largest absolute Gasteiger partial charge is 0.367 e. The van der Waals surface area contributed by atoms with Crippen LogP contribution in [0, 0.1) is 12.8 Å². The van der Waals surface area contributed by atoms with Crippen molar-refractivity contribution in [2.24, 2.45) is 5.92 Å². The number of nitrogens with one attached hydrogen (secondary N) is 1. The van der Waals surface area contributed by atoms with Gasteiger partial charge in [0.1, 0.15) is 5.52 Å². The number of rotatable bonds is 5. The average Bonchev–Trinajstić information content (AvgIpc) is 2.66. The predicted octanol–water partition coefficient (Wildman–Crippen LogP) is 3.10. The quantitative estimate of drug-likeness (QED) is 0.846. The van der Waals surface area contributed by atoms with Gasteiger partial charge in [0.15, 0.2) is 5.82 Å². The number of fused-ring (bicyclic) bond motifs is 1. The van der Waals surface area contributed by atoms with Gasteiger partial charge in [-0.25, -0.2) is 9.50 Å². The SMILES string of the molecule is Cc1cc2c(NCC(Cl)CC(C)C)nccn2n1. The van der Waals surface area contributed by atoms with E-state index in [4.69, 9.17) is 11.6 Å². The van der Waals surface area contributed by atoms with Crippen molar-refractivity contribution in [1.29, 1.82) is 0 Å². The van der Waals surface area contributed by atoms with Gasteiger partial charge in [-0.1, -0.05) is 13.8 Å². The molecule has 1 N–H and O–H groups in total. The third-order valence-electron chi connectivity index (χ3n) is 2.73. The van der Waals surface area contributed by atoms with Crippen molar-refractivity contribution in [3.05, 3.63) is 24.2 Å². The molecular formula is C13H19ClN4. The van der Waals surface area contributed by atoms with Gasteiger partial charge in [-0.15, -0.1) is 11.6 Å². The van der Waals surface area contributed by atoms with Gasteiger partial charge in [-0.05, 0) is 25.3 Å². The van der Waals surface area contributed by atoms with Gasteiger partial charge in [0, 0.05) is 18.9 Å². The molecule has 0 aliphatic rings. The summed E-state index contributed by atoms with van der Waals surface area (Å²) in [5, 5.41) is 7.78. The fraction of sp³-hybridized carbons (Fsp3) is 0.538. The van der Waals surface area contributed by atoms with Gasteiger partial charge in [0.05, 0.1) is 11.1 Å². The van der Waals surface area contributed by atoms with Crippen LogP contribution in [0.4, 0.5) is 5.82 Å². The van der Waals surface area contributed by atoms with E-state index in [1.54, 1.807) is 6.20 Å². The van der Waals surface area contributed by atoms with Gasteiger partial charge >= 0.3 is 0 Å². The van der Waals surface area contributed by atoms with Crippen LogP contribution >= 0.6 is 11.6 Å². The zero-order valence-corrected chi connectivity index (χ0v) is 11.8. The molecule has 98 valence electrons. The maximum Gasteiger partial charge on any atom is 0.152 e. The van der Waals surface area contributed by atoms with Crippen molar-refractivity contribution >= 4 is 22.9 Å². The molecule has 0 aliphatic heterocycles. The first kappa shape index (κ1) is 13.1. The minimum Gasteiger partial charge on any atom is -0.367 e. The molecule has 1 atom stereocenters. The summed E-state index contributed by atoms with van der Waals surface area (Å²) in [7, 11) is 0. The van der Waals surface area contributed by atoms with Crippen LogP contribution < -0.4 is 5.32 Å². The van der Waals surface area contributed by atoms with E-state index in [9.17, 15) is 0 Å². The van der Waals surface area contributed by atoms with Crippen LogP contribution in [0.1, 0.15) is 26.0 Å². The maximum absolute atomic E-state index is 6.27. The number of anilines is 1. The van der Waals surface area contributed by atoms with Crippen LogP contribution in [0.2, 0.25) is 0 Å². The Morgan fingerprint density at radius 3 is 2.94 bits per heavy atom. The molecule has 0 amide bonds. The van der Waals surface area contributed by atoms with Gasteiger partial charge in [0.2, 0.25) is 0 Å². The second-order valence-corrected chi connectivity index (χ2v) is 5.62. The first-order chi connectivity index (χ1) is 8.56. The van der Waals surface area contributed by atoms with Crippen LogP contribution in [0.5, 0.6) is 0 Å². The summed E-state index contributed by atoms with van der Waals surface area (Å²) >= 11 is 6.27. The Bertz CT molecular complexity index is 521. The summed E-state index contributed by atoms with van der Waals surface area (Å²) in [6.07, 6.45) is 4.59. The molecule has 2 rings (SSSR count). The molecule has 2 aromatic rings. The van der Waals surface area contributed by atoms with E-state index in [-0.39, 0.29) is 5.38 Å². The molecule has 0 spiro atoms. The number of alkyl halides is 1. The summed E-state index contributed by atoms with van der Waals surface area (Å²) in [5.74, 6) is 1.45. The molecule has 0 bridgehead atoms. The number of aromatic nitrogens is 3. The lowest BCUT2D eigenvalue weighted by atomic mass is 10.1. The van der Waals surface area contributed by atoms with Crippen LogP contribution in [0.3, 0.4) is 0 Å². The van der Waals surface area contributed by atoms with E-state index in [0.29, 0.717) is 5.92 Å². The Morgan fingerprint density at radius 1 is 1.44 bits per heavy atom. The highest BCUT2D eigenvalue weighted by atomic mass is 35.5. The average molecular weight is 267 g/mol. The smallest absolute Gasteiger partial charge is 0.152 e. The Labute approximate surface area is 112 Å². The van der Waals surface area contributed by atoms with Crippen LogP contribution in [0.25, 0.3) is 5.52 Å². The Hall–Kier alpha value is -1.29. The van der Waals surface area contributed by atoms with Gasteiger partial charge in [-0.2, -0.15) is 5.10 Å². The lowest BCUT2D eigenvalue weighted by Gasteiger charge is -2.13. The molecule has 2 heterocycles. The van der Waals surface area contributed by atoms with Crippen LogP contribution in [-0.4, -0.2) is 26.5 Å². The second-order valence-electron chi connectivity index (χ2n) is 5.00. The normalized spacial score (nSPS) is 13.2. The van der Waals surface area contributed by atoms with E-state index >= 15 is 0 Å². The summed E-state index contributed by atoms with van der Waals surface area (Å²) in [6, 6.07) is 2.01. The summed E-state index contributed by atoms with van der Waals surface area (Å²) in [5.41, 5.74) is 1.97. The lowest BCUT2D eigenvalue weighted by molar-refractivity contribution is 0.572. The highest BCUT2D eigenvalue weighted by molar-refractivity contribution is 6.20. The zero-order valence-electron chi connectivity index (χ0n) is 11.0. The summed E-state index contributed by atoms with van der Waals surface area (Å²) in [6.45, 7) is 7.04. The molecule has 0 aliphatic carbocycles. The summed E-state index contributed by atoms with van der Waals surface area (Å²) < 4.78 is 1.83. The second kappa shape index (κ2) is 5.57. The standard InChI is InChI=1S/C13H19ClN4/c1-9(2)6-11(14)8-16-13-12-7-10(3)17-18(12)5-4-15-13/h4-5,7,9,11H,6,8H2,1-3H3,(H,15,16). The first-order valence-corrected chi connectivity index (χ1v) is 6.69. The fourth-order valence-corrected chi connectivity index (χ4v) is 2.42. The van der Waals surface area contributed by atoms with E-state index in [1.807, 2.05) is 23.7 Å². The number of hydrogen-bond acceptors (Lipinski definition) is 3. The predicted molar refractivity (Wildman–Crippen MR) is 75.3 cm³/mol. The van der Waals surface area contributed by atoms with Crippen molar-refractivity contribution in [2.45, 2.75) is 32.6 Å². The number of halogens is 1. The topological polar surface area (TPSA) is 42.2 Å². The van der Waals surface area contributed by atoms with Crippen molar-refractivity contribution in [3.63, 3.8) is 0 Å². The fourth-order valence-electron chi connectivity index (χ4n) is 1.98. The summed E-state index contributed by atoms with van der Waals surface area (Å²) in [4.78, 5) is 4.34. The minimum absolute atomic E-state index is 0.121. The number of nitrogens with zero attached hydrogens (tertiary/aromatic N) is 3. The van der Waals surface area contributed by atoms with E-state index < -0.39 is 0 Å². The zero-order chi connectivity index (χ0) is 13.1. The first-order valence-electron chi connectivity index (χ1n) is 6.25. The van der Waals surface area contributed by atoms with Crippen LogP contribution in [0.15, 0.2) is 18.5 Å². The highest BCUT2D eigenvalue weighted by Crippen LogP contribution is 2.16. The van der Waals surface area contributed by atoms with E-state index in [1.165, 1.54) is 0 Å². The molecule has 1 unspecified atom stereocenters. The van der Waals surface area contributed by atoms with E-state index in [2.05, 4.69) is 29.2 Å². The third-order valence-corrected chi connectivity index (χ3v) is 3.06. The molecule has 18 heavy (non-hydrogen) atoms. The van der Waals surface area contributed by atoms with Crippen molar-refractivity contribution in [1.82, 2.24) is 14.6 Å². The molecule has 0 saturated carbocycles. The van der Waals surface area contributed by atoms with Gasteiger partial charge in [-0.3, -0.25) is 0 Å². The number of hydrogen-bond donors (Lipinski definition) is 1. The van der Waals surface area contributed by atoms with Crippen molar-refractivity contribution in [3.8, 4) is 0 Å². The molecule has 4 nitrogen and oxygen atoms in total. The lowest BCUT2D eigenvalue weighted by Crippen LogP contribution is -2.17. The Morgan fingerprint density at radius 2 is 2.22 bits per heavy atom. The molecule has 2 aromatic heterocycles.